The highest BCUT2D eigenvalue weighted by molar-refractivity contribution is 7.92. The Morgan fingerprint density at radius 2 is 2.05 bits per heavy atom. The van der Waals surface area contributed by atoms with Gasteiger partial charge in [0.05, 0.1) is 5.75 Å². The number of nitrogens with one attached hydrogen (secondary N) is 2. The lowest BCUT2D eigenvalue weighted by atomic mass is 10.2. The molecule has 0 fully saturated rings. The van der Waals surface area contributed by atoms with Gasteiger partial charge in [0.15, 0.2) is 0 Å². The molecular formula is C13H14ClN3O4S. The minimum atomic E-state index is -3.73. The van der Waals surface area contributed by atoms with Crippen molar-refractivity contribution in [3.8, 4) is 0 Å². The molecule has 0 saturated carbocycles. The molecular weight excluding hydrogens is 330 g/mol. The average molecular weight is 344 g/mol. The Balaban J connectivity index is 2.13. The number of hydrogen-bond donors (Lipinski definition) is 2. The van der Waals surface area contributed by atoms with Crippen molar-refractivity contribution in [2.75, 3.05) is 10.5 Å². The van der Waals surface area contributed by atoms with Gasteiger partial charge in [-0.3, -0.25) is 14.5 Å². The molecule has 0 amide bonds. The summed E-state index contributed by atoms with van der Waals surface area (Å²) in [5.41, 5.74) is -0.832. The van der Waals surface area contributed by atoms with Crippen molar-refractivity contribution in [3.63, 3.8) is 0 Å². The van der Waals surface area contributed by atoms with Crippen molar-refractivity contribution < 1.29 is 8.42 Å². The number of nitrogens with zero attached hydrogens (tertiary/aromatic N) is 1. The predicted molar refractivity (Wildman–Crippen MR) is 84.9 cm³/mol. The molecule has 1 aromatic heterocycles. The normalized spacial score (nSPS) is 11.4. The van der Waals surface area contributed by atoms with Crippen LogP contribution < -0.4 is 16.0 Å². The van der Waals surface area contributed by atoms with Crippen LogP contribution in [0.25, 0.3) is 0 Å². The predicted octanol–water partition coefficient (Wildman–Crippen LogP) is 0.711. The van der Waals surface area contributed by atoms with Crippen molar-refractivity contribution in [2.45, 2.75) is 6.42 Å². The maximum atomic E-state index is 12.0. The number of benzene rings is 1. The molecule has 0 aliphatic heterocycles. The number of aryl methyl sites for hydroxylation is 2. The first-order valence-electron chi connectivity index (χ1n) is 6.32. The number of hydrogen-bond acceptors (Lipinski definition) is 4. The number of halogens is 1. The van der Waals surface area contributed by atoms with E-state index in [9.17, 15) is 18.0 Å². The summed E-state index contributed by atoms with van der Waals surface area (Å²) in [6.07, 6.45) is 1.39. The molecule has 0 aliphatic rings. The standard InChI is InChI=1S/C13H14ClN3O4S/c1-17-8-11(12(18)15-13(17)19)16-22(20,21)6-5-9-3-2-4-10(14)7-9/h2-4,7-8,16H,5-6H2,1H3,(H,15,18,19). The quantitative estimate of drug-likeness (QED) is 0.834. The summed E-state index contributed by atoms with van der Waals surface area (Å²) < 4.78 is 27.3. The van der Waals surface area contributed by atoms with Gasteiger partial charge >= 0.3 is 5.69 Å². The number of sulfonamides is 1. The van der Waals surface area contributed by atoms with E-state index in [1.165, 1.54) is 7.05 Å². The van der Waals surface area contributed by atoms with Crippen LogP contribution in [0.5, 0.6) is 0 Å². The molecule has 1 heterocycles. The highest BCUT2D eigenvalue weighted by Gasteiger charge is 2.14. The van der Waals surface area contributed by atoms with Crippen LogP contribution in [0.15, 0.2) is 40.1 Å². The molecule has 0 aliphatic carbocycles. The van der Waals surface area contributed by atoms with Crippen molar-refractivity contribution in [2.24, 2.45) is 7.05 Å². The monoisotopic (exact) mass is 343 g/mol. The van der Waals surface area contributed by atoms with E-state index in [0.29, 0.717) is 5.02 Å². The SMILES string of the molecule is Cn1cc(NS(=O)(=O)CCc2cccc(Cl)c2)c(=O)[nH]c1=O. The molecule has 1 aromatic carbocycles. The van der Waals surface area contributed by atoms with Gasteiger partial charge in [-0.05, 0) is 24.1 Å². The second-order valence-electron chi connectivity index (χ2n) is 4.71. The number of aromatic nitrogens is 2. The summed E-state index contributed by atoms with van der Waals surface area (Å²) in [4.78, 5) is 24.8. The first kappa shape index (κ1) is 16.3. The Morgan fingerprint density at radius 1 is 1.32 bits per heavy atom. The van der Waals surface area contributed by atoms with E-state index in [4.69, 9.17) is 11.6 Å². The third kappa shape index (κ3) is 4.22. The Labute approximate surface area is 131 Å². The second-order valence-corrected chi connectivity index (χ2v) is 6.99. The minimum Gasteiger partial charge on any atom is -0.302 e. The molecule has 2 aromatic rings. The largest absolute Gasteiger partial charge is 0.328 e. The molecule has 0 unspecified atom stereocenters. The van der Waals surface area contributed by atoms with E-state index >= 15 is 0 Å². The van der Waals surface area contributed by atoms with Crippen LogP contribution >= 0.6 is 11.6 Å². The molecule has 0 saturated heterocycles. The lowest BCUT2D eigenvalue weighted by Gasteiger charge is -2.08. The van der Waals surface area contributed by atoms with Gasteiger partial charge in [-0.1, -0.05) is 23.7 Å². The molecule has 118 valence electrons. The molecule has 2 N–H and O–H groups in total. The molecule has 0 radical (unpaired) electrons. The zero-order chi connectivity index (χ0) is 16.3. The first-order valence-corrected chi connectivity index (χ1v) is 8.35. The molecule has 0 atom stereocenters. The van der Waals surface area contributed by atoms with Crippen LogP contribution in [-0.2, 0) is 23.5 Å². The molecule has 22 heavy (non-hydrogen) atoms. The zero-order valence-corrected chi connectivity index (χ0v) is 13.2. The number of rotatable bonds is 5. The maximum Gasteiger partial charge on any atom is 0.328 e. The van der Waals surface area contributed by atoms with Gasteiger partial charge in [0, 0.05) is 18.3 Å². The number of H-pyrrole nitrogens is 1. The molecule has 7 nitrogen and oxygen atoms in total. The fourth-order valence-electron chi connectivity index (χ4n) is 1.80. The third-order valence-electron chi connectivity index (χ3n) is 2.92. The second kappa shape index (κ2) is 6.37. The van der Waals surface area contributed by atoms with Crippen molar-refractivity contribution in [1.82, 2.24) is 9.55 Å². The minimum absolute atomic E-state index is 0.201. The van der Waals surface area contributed by atoms with Crippen LogP contribution in [0.4, 0.5) is 5.69 Å². The van der Waals surface area contributed by atoms with E-state index < -0.39 is 21.3 Å². The molecule has 2 rings (SSSR count). The highest BCUT2D eigenvalue weighted by Crippen LogP contribution is 2.12. The van der Waals surface area contributed by atoms with Crippen molar-refractivity contribution >= 4 is 27.3 Å². The maximum absolute atomic E-state index is 12.0. The summed E-state index contributed by atoms with van der Waals surface area (Å²) in [7, 11) is -2.32. The van der Waals surface area contributed by atoms with Gasteiger partial charge < -0.3 is 4.57 Å². The van der Waals surface area contributed by atoms with E-state index in [0.717, 1.165) is 16.3 Å². The Hall–Kier alpha value is -2.06. The summed E-state index contributed by atoms with van der Waals surface area (Å²) in [6.45, 7) is 0. The fourth-order valence-corrected chi connectivity index (χ4v) is 3.10. The van der Waals surface area contributed by atoms with Crippen LogP contribution in [0.2, 0.25) is 5.02 Å². The van der Waals surface area contributed by atoms with E-state index in [-0.39, 0.29) is 17.9 Å². The van der Waals surface area contributed by atoms with E-state index in [1.807, 2.05) is 4.98 Å². The van der Waals surface area contributed by atoms with E-state index in [2.05, 4.69) is 4.72 Å². The van der Waals surface area contributed by atoms with Gasteiger partial charge in [-0.25, -0.2) is 13.2 Å². The summed E-state index contributed by atoms with van der Waals surface area (Å²) >= 11 is 5.83. The molecule has 0 spiro atoms. The Bertz CT molecular complexity index is 902. The van der Waals surface area contributed by atoms with Crippen molar-refractivity contribution in [3.05, 3.63) is 61.9 Å². The Morgan fingerprint density at radius 3 is 2.73 bits per heavy atom. The van der Waals surface area contributed by atoms with E-state index in [1.54, 1.807) is 24.3 Å². The van der Waals surface area contributed by atoms with Gasteiger partial charge in [0.25, 0.3) is 5.56 Å². The first-order chi connectivity index (χ1) is 10.3. The number of aromatic amines is 1. The highest BCUT2D eigenvalue weighted by atomic mass is 35.5. The van der Waals surface area contributed by atoms with Gasteiger partial charge in [0.2, 0.25) is 10.0 Å². The van der Waals surface area contributed by atoms with Crippen LogP contribution in [0.3, 0.4) is 0 Å². The van der Waals surface area contributed by atoms with Crippen LogP contribution in [0.1, 0.15) is 5.56 Å². The fraction of sp³-hybridized carbons (Fsp3) is 0.231. The topological polar surface area (TPSA) is 101 Å². The summed E-state index contributed by atoms with van der Waals surface area (Å²) in [6, 6.07) is 6.87. The van der Waals surface area contributed by atoms with Crippen LogP contribution in [-0.4, -0.2) is 23.7 Å². The van der Waals surface area contributed by atoms with Gasteiger partial charge in [-0.15, -0.1) is 0 Å². The molecule has 9 heteroatoms. The molecule has 0 bridgehead atoms. The summed E-state index contributed by atoms with van der Waals surface area (Å²) in [5.74, 6) is -0.213. The van der Waals surface area contributed by atoms with Gasteiger partial charge in [0.1, 0.15) is 5.69 Å². The van der Waals surface area contributed by atoms with Crippen LogP contribution in [0, 0.1) is 0 Å². The van der Waals surface area contributed by atoms with Crippen molar-refractivity contribution in [1.29, 1.82) is 0 Å². The lowest BCUT2D eigenvalue weighted by molar-refractivity contribution is 0.600. The Kier molecular flexibility index (Phi) is 4.72. The summed E-state index contributed by atoms with van der Waals surface area (Å²) in [5, 5.41) is 0.525. The number of anilines is 1. The van der Waals surface area contributed by atoms with Gasteiger partial charge in [-0.2, -0.15) is 0 Å². The lowest BCUT2D eigenvalue weighted by Crippen LogP contribution is -2.31. The smallest absolute Gasteiger partial charge is 0.302 e. The third-order valence-corrected chi connectivity index (χ3v) is 4.43. The average Bonchev–Trinajstić information content (AvgIpc) is 2.43. The zero-order valence-electron chi connectivity index (χ0n) is 11.7.